The summed E-state index contributed by atoms with van der Waals surface area (Å²) in [5, 5.41) is 9.75. The highest BCUT2D eigenvalue weighted by molar-refractivity contribution is 7.99. The Morgan fingerprint density at radius 2 is 2.38 bits per heavy atom. The number of nitrogen functional groups attached to an aromatic ring is 1. The molecule has 0 aliphatic rings. The van der Waals surface area contributed by atoms with Crippen LogP contribution in [0.3, 0.4) is 0 Å². The van der Waals surface area contributed by atoms with Crippen LogP contribution in [0.15, 0.2) is 27.8 Å². The Kier molecular flexibility index (Phi) is 3.36. The zero-order chi connectivity index (χ0) is 11.5. The van der Waals surface area contributed by atoms with E-state index in [-0.39, 0.29) is 6.10 Å². The third-order valence-electron chi connectivity index (χ3n) is 2.15. The summed E-state index contributed by atoms with van der Waals surface area (Å²) in [5.41, 5.74) is 7.85. The van der Waals surface area contributed by atoms with E-state index in [2.05, 4.69) is 4.98 Å². The topological polar surface area (TPSA) is 72.3 Å². The van der Waals surface area contributed by atoms with Gasteiger partial charge in [0.05, 0.1) is 6.10 Å². The number of hydrogen-bond donors (Lipinski definition) is 2. The van der Waals surface area contributed by atoms with E-state index in [0.717, 1.165) is 23.3 Å². The molecule has 0 saturated carbocycles. The number of benzene rings is 1. The third kappa shape index (κ3) is 2.68. The van der Waals surface area contributed by atoms with Gasteiger partial charge in [0.2, 0.25) is 0 Å². The van der Waals surface area contributed by atoms with Crippen molar-refractivity contribution in [2.75, 3.05) is 11.5 Å². The number of anilines is 1. The van der Waals surface area contributed by atoms with Gasteiger partial charge < -0.3 is 15.3 Å². The number of fused-ring (bicyclic) bond motifs is 1. The first-order valence-electron chi connectivity index (χ1n) is 5.12. The molecule has 0 radical (unpaired) electrons. The lowest BCUT2D eigenvalue weighted by Gasteiger charge is -1.99. The largest absolute Gasteiger partial charge is 0.431 e. The standard InChI is InChI=1S/C11H14N2O2S/c1-7(14)4-5-16-11-13-9-6-8(12)2-3-10(9)15-11/h2-3,6-7,14H,4-5,12H2,1H3. The predicted molar refractivity (Wildman–Crippen MR) is 65.4 cm³/mol. The van der Waals surface area contributed by atoms with Crippen LogP contribution in [-0.2, 0) is 0 Å². The summed E-state index contributed by atoms with van der Waals surface area (Å²) in [6.07, 6.45) is 0.443. The van der Waals surface area contributed by atoms with Crippen molar-refractivity contribution in [2.45, 2.75) is 24.7 Å². The van der Waals surface area contributed by atoms with E-state index in [1.807, 2.05) is 6.07 Å². The van der Waals surface area contributed by atoms with Crippen LogP contribution >= 0.6 is 11.8 Å². The summed E-state index contributed by atoms with van der Waals surface area (Å²) in [6.45, 7) is 1.77. The Balaban J connectivity index is 2.08. The minimum atomic E-state index is -0.285. The van der Waals surface area contributed by atoms with Crippen LogP contribution in [-0.4, -0.2) is 21.9 Å². The average molecular weight is 238 g/mol. The SMILES string of the molecule is CC(O)CCSc1nc2cc(N)ccc2o1. The lowest BCUT2D eigenvalue weighted by molar-refractivity contribution is 0.192. The van der Waals surface area contributed by atoms with Crippen LogP contribution in [0.1, 0.15) is 13.3 Å². The van der Waals surface area contributed by atoms with E-state index in [9.17, 15) is 0 Å². The number of aliphatic hydroxyl groups excluding tert-OH is 1. The van der Waals surface area contributed by atoms with Gasteiger partial charge in [0.25, 0.3) is 5.22 Å². The number of thioether (sulfide) groups is 1. The fraction of sp³-hybridized carbons (Fsp3) is 0.364. The highest BCUT2D eigenvalue weighted by Crippen LogP contribution is 2.25. The van der Waals surface area contributed by atoms with Crippen molar-refractivity contribution in [3.8, 4) is 0 Å². The highest BCUT2D eigenvalue weighted by Gasteiger charge is 2.06. The molecule has 86 valence electrons. The van der Waals surface area contributed by atoms with Gasteiger partial charge in [-0.25, -0.2) is 4.98 Å². The van der Waals surface area contributed by atoms with Crippen molar-refractivity contribution >= 4 is 28.5 Å². The van der Waals surface area contributed by atoms with Gasteiger partial charge in [-0.05, 0) is 31.5 Å². The fourth-order valence-corrected chi connectivity index (χ4v) is 2.25. The van der Waals surface area contributed by atoms with Gasteiger partial charge in [0, 0.05) is 11.4 Å². The number of nitrogens with zero attached hydrogens (tertiary/aromatic N) is 1. The molecule has 1 heterocycles. The number of aliphatic hydroxyl groups is 1. The maximum atomic E-state index is 9.13. The Labute approximate surface area is 97.8 Å². The van der Waals surface area contributed by atoms with Gasteiger partial charge >= 0.3 is 0 Å². The molecule has 16 heavy (non-hydrogen) atoms. The lowest BCUT2D eigenvalue weighted by Crippen LogP contribution is -2.00. The highest BCUT2D eigenvalue weighted by atomic mass is 32.2. The molecule has 1 aromatic heterocycles. The van der Waals surface area contributed by atoms with Crippen LogP contribution in [0.5, 0.6) is 0 Å². The van der Waals surface area contributed by atoms with E-state index >= 15 is 0 Å². The summed E-state index contributed by atoms with van der Waals surface area (Å²) in [6, 6.07) is 5.39. The van der Waals surface area contributed by atoms with Crippen molar-refractivity contribution in [2.24, 2.45) is 0 Å². The molecule has 0 spiro atoms. The minimum absolute atomic E-state index is 0.285. The Bertz CT molecular complexity index is 482. The molecule has 1 atom stereocenters. The Morgan fingerprint density at radius 3 is 3.12 bits per heavy atom. The van der Waals surface area contributed by atoms with E-state index in [1.54, 1.807) is 19.1 Å². The number of nitrogens with two attached hydrogens (primary N) is 1. The van der Waals surface area contributed by atoms with E-state index in [4.69, 9.17) is 15.3 Å². The van der Waals surface area contributed by atoms with Crippen molar-refractivity contribution in [3.05, 3.63) is 18.2 Å². The molecule has 5 heteroatoms. The number of oxazole rings is 1. The molecular formula is C11H14N2O2S. The second-order valence-corrected chi connectivity index (χ2v) is 4.74. The maximum absolute atomic E-state index is 9.13. The van der Waals surface area contributed by atoms with Gasteiger partial charge in [-0.15, -0.1) is 0 Å². The third-order valence-corrected chi connectivity index (χ3v) is 3.01. The normalized spacial score (nSPS) is 13.1. The summed E-state index contributed by atoms with van der Waals surface area (Å²) in [5.74, 6) is 0.792. The van der Waals surface area contributed by atoms with Gasteiger partial charge in [-0.1, -0.05) is 11.8 Å². The van der Waals surface area contributed by atoms with Crippen LogP contribution in [0.25, 0.3) is 11.1 Å². The number of aromatic nitrogens is 1. The molecule has 0 aliphatic heterocycles. The van der Waals surface area contributed by atoms with Crippen molar-refractivity contribution < 1.29 is 9.52 Å². The first kappa shape index (κ1) is 11.3. The first-order chi connectivity index (χ1) is 7.65. The van der Waals surface area contributed by atoms with E-state index in [0.29, 0.717) is 10.9 Å². The molecular weight excluding hydrogens is 224 g/mol. The lowest BCUT2D eigenvalue weighted by atomic mass is 10.3. The number of rotatable bonds is 4. The van der Waals surface area contributed by atoms with Crippen molar-refractivity contribution in [1.82, 2.24) is 4.98 Å². The molecule has 0 amide bonds. The molecule has 4 nitrogen and oxygen atoms in total. The van der Waals surface area contributed by atoms with Gasteiger partial charge in [-0.2, -0.15) is 0 Å². The molecule has 1 unspecified atom stereocenters. The van der Waals surface area contributed by atoms with Gasteiger partial charge in [0.1, 0.15) is 5.52 Å². The molecule has 0 aliphatic carbocycles. The molecule has 0 saturated heterocycles. The monoisotopic (exact) mass is 238 g/mol. The van der Waals surface area contributed by atoms with Crippen LogP contribution in [0, 0.1) is 0 Å². The summed E-state index contributed by atoms with van der Waals surface area (Å²) in [7, 11) is 0. The second kappa shape index (κ2) is 4.76. The quantitative estimate of drug-likeness (QED) is 0.631. The zero-order valence-corrected chi connectivity index (χ0v) is 9.83. The van der Waals surface area contributed by atoms with Crippen molar-refractivity contribution in [3.63, 3.8) is 0 Å². The predicted octanol–water partition coefficient (Wildman–Crippen LogP) is 2.27. The number of hydrogen-bond acceptors (Lipinski definition) is 5. The molecule has 0 fully saturated rings. The first-order valence-corrected chi connectivity index (χ1v) is 6.10. The smallest absolute Gasteiger partial charge is 0.256 e. The molecule has 2 rings (SSSR count). The summed E-state index contributed by atoms with van der Waals surface area (Å²) < 4.78 is 5.52. The Morgan fingerprint density at radius 1 is 1.56 bits per heavy atom. The minimum Gasteiger partial charge on any atom is -0.431 e. The van der Waals surface area contributed by atoms with E-state index < -0.39 is 0 Å². The average Bonchev–Trinajstić information content (AvgIpc) is 2.58. The molecule has 2 aromatic rings. The summed E-state index contributed by atoms with van der Waals surface area (Å²) in [4.78, 5) is 4.31. The fourth-order valence-electron chi connectivity index (χ4n) is 1.30. The van der Waals surface area contributed by atoms with Crippen LogP contribution < -0.4 is 5.73 Å². The molecule has 1 aromatic carbocycles. The summed E-state index contributed by atoms with van der Waals surface area (Å²) >= 11 is 1.50. The van der Waals surface area contributed by atoms with Gasteiger partial charge in [-0.3, -0.25) is 0 Å². The maximum Gasteiger partial charge on any atom is 0.256 e. The van der Waals surface area contributed by atoms with E-state index in [1.165, 1.54) is 11.8 Å². The molecule has 3 N–H and O–H groups in total. The second-order valence-electron chi connectivity index (χ2n) is 3.69. The van der Waals surface area contributed by atoms with Crippen LogP contribution in [0.4, 0.5) is 5.69 Å². The Hall–Kier alpha value is -1.20. The van der Waals surface area contributed by atoms with Crippen molar-refractivity contribution in [1.29, 1.82) is 0 Å². The molecule has 0 bridgehead atoms. The zero-order valence-electron chi connectivity index (χ0n) is 9.01. The van der Waals surface area contributed by atoms with Crippen LogP contribution in [0.2, 0.25) is 0 Å². The van der Waals surface area contributed by atoms with Gasteiger partial charge in [0.15, 0.2) is 5.58 Å².